The molecule has 34 heavy (non-hydrogen) atoms. The number of methoxy groups -OCH3 is 1. The molecule has 1 aromatic heterocycles. The van der Waals surface area contributed by atoms with Crippen LogP contribution in [-0.2, 0) is 14.4 Å². The lowest BCUT2D eigenvalue weighted by atomic mass is 9.89. The molecule has 1 aromatic carbocycles. The third-order valence-corrected chi connectivity index (χ3v) is 6.25. The van der Waals surface area contributed by atoms with E-state index in [9.17, 15) is 24.3 Å². The molecule has 1 fully saturated rings. The van der Waals surface area contributed by atoms with Gasteiger partial charge in [-0.25, -0.2) is 0 Å². The normalized spacial score (nSPS) is 17.4. The van der Waals surface area contributed by atoms with Crippen molar-refractivity contribution in [3.63, 3.8) is 0 Å². The van der Waals surface area contributed by atoms with E-state index in [0.717, 1.165) is 10.9 Å². The van der Waals surface area contributed by atoms with Crippen LogP contribution in [0.5, 0.6) is 5.75 Å². The number of aromatic amines is 1. The lowest BCUT2D eigenvalue weighted by Crippen LogP contribution is -2.46. The summed E-state index contributed by atoms with van der Waals surface area (Å²) in [6, 6.07) is 6.22. The lowest BCUT2D eigenvalue weighted by molar-refractivity contribution is -0.132. The number of carbonyl (C=O) groups is 4. The molecule has 2 amide bonds. The molecule has 2 aromatic rings. The van der Waals surface area contributed by atoms with Gasteiger partial charge in [0.05, 0.1) is 18.8 Å². The molecule has 0 unspecified atom stereocenters. The summed E-state index contributed by atoms with van der Waals surface area (Å²) >= 11 is 0. The van der Waals surface area contributed by atoms with Gasteiger partial charge >= 0.3 is 0 Å². The molecular weight excluding hydrogens is 438 g/mol. The number of carbonyl (C=O) groups excluding carboxylic acids is 4. The van der Waals surface area contributed by atoms with Crippen LogP contribution in [0.4, 0.5) is 0 Å². The summed E-state index contributed by atoms with van der Waals surface area (Å²) in [7, 11) is 1.56. The average molecular weight is 472 g/mol. The van der Waals surface area contributed by atoms with E-state index in [-0.39, 0.29) is 30.4 Å². The van der Waals surface area contributed by atoms with Crippen LogP contribution in [0.25, 0.3) is 10.9 Å². The van der Waals surface area contributed by atoms with Crippen LogP contribution < -0.4 is 15.4 Å². The fraction of sp³-hybridized carbons (Fsp3) is 0.520. The number of ether oxygens (including phenoxy) is 1. The van der Waals surface area contributed by atoms with Crippen molar-refractivity contribution in [2.75, 3.05) is 20.3 Å². The molecule has 0 spiro atoms. The van der Waals surface area contributed by atoms with Crippen LogP contribution in [0.3, 0.4) is 0 Å². The molecule has 9 heteroatoms. The Kier molecular flexibility index (Phi) is 8.44. The Morgan fingerprint density at radius 2 is 2.03 bits per heavy atom. The van der Waals surface area contributed by atoms with Crippen molar-refractivity contribution in [1.82, 2.24) is 15.6 Å². The van der Waals surface area contributed by atoms with Crippen LogP contribution in [-0.4, -0.2) is 59.8 Å². The zero-order chi connectivity index (χ0) is 24.8. The number of aliphatic hydroxyl groups excluding tert-OH is 1. The highest BCUT2D eigenvalue weighted by Gasteiger charge is 2.33. The largest absolute Gasteiger partial charge is 0.496 e. The zero-order valence-corrected chi connectivity index (χ0v) is 19.8. The smallest absolute Gasteiger partial charge is 0.224 e. The number of benzene rings is 1. The number of fused-ring (bicyclic) bond motifs is 1. The van der Waals surface area contributed by atoms with Crippen LogP contribution in [0, 0.1) is 17.8 Å². The number of hydrogen-bond acceptors (Lipinski definition) is 6. The Bertz CT molecular complexity index is 1060. The molecular formula is C25H33N3O6. The molecule has 0 bridgehead atoms. The van der Waals surface area contributed by atoms with Gasteiger partial charge in [0.1, 0.15) is 12.4 Å². The second kappa shape index (κ2) is 11.3. The van der Waals surface area contributed by atoms with Crippen molar-refractivity contribution in [1.29, 1.82) is 0 Å². The highest BCUT2D eigenvalue weighted by molar-refractivity contribution is 6.02. The minimum Gasteiger partial charge on any atom is -0.496 e. The highest BCUT2D eigenvalue weighted by Crippen LogP contribution is 2.28. The van der Waals surface area contributed by atoms with Gasteiger partial charge in [-0.05, 0) is 43.4 Å². The molecule has 0 radical (unpaired) electrons. The van der Waals surface area contributed by atoms with Gasteiger partial charge in [-0.15, -0.1) is 0 Å². The summed E-state index contributed by atoms with van der Waals surface area (Å²) in [6.07, 6.45) is 1.11. The SMILES string of the molecule is COc1cccc2[nH]c(C(=O)C[C@H](CC(C)C)C(=O)N[C@@H](C[C@@H]3CCNC3=O)C(=O)CO)cc12. The Morgan fingerprint density at radius 1 is 1.26 bits per heavy atom. The number of hydrogen-bond donors (Lipinski definition) is 4. The van der Waals surface area contributed by atoms with Crippen LogP contribution >= 0.6 is 0 Å². The fourth-order valence-electron chi connectivity index (χ4n) is 4.47. The van der Waals surface area contributed by atoms with Crippen molar-refractivity contribution in [2.45, 2.75) is 45.6 Å². The minimum atomic E-state index is -0.978. The molecule has 3 rings (SSSR count). The summed E-state index contributed by atoms with van der Waals surface area (Å²) in [5.41, 5.74) is 1.14. The maximum Gasteiger partial charge on any atom is 0.224 e. The van der Waals surface area contributed by atoms with Gasteiger partial charge in [0.2, 0.25) is 11.8 Å². The van der Waals surface area contributed by atoms with E-state index in [0.29, 0.717) is 30.8 Å². The van der Waals surface area contributed by atoms with Crippen LogP contribution in [0.1, 0.15) is 50.0 Å². The third-order valence-electron chi connectivity index (χ3n) is 6.25. The zero-order valence-electron chi connectivity index (χ0n) is 19.8. The number of nitrogens with one attached hydrogen (secondary N) is 3. The molecule has 9 nitrogen and oxygen atoms in total. The number of aromatic nitrogens is 1. The van der Waals surface area contributed by atoms with Crippen LogP contribution in [0.2, 0.25) is 0 Å². The molecule has 4 N–H and O–H groups in total. The van der Waals surface area contributed by atoms with E-state index in [2.05, 4.69) is 15.6 Å². The van der Waals surface area contributed by atoms with Gasteiger partial charge in [-0.2, -0.15) is 0 Å². The predicted octanol–water partition coefficient (Wildman–Crippen LogP) is 1.98. The van der Waals surface area contributed by atoms with Gasteiger partial charge in [0, 0.05) is 35.7 Å². The molecule has 1 saturated heterocycles. The number of rotatable bonds is 12. The first-order valence-electron chi connectivity index (χ1n) is 11.6. The number of Topliss-reactive ketones (excluding diaryl/α,β-unsaturated/α-hetero) is 2. The number of H-pyrrole nitrogens is 1. The first kappa shape index (κ1) is 25.4. The summed E-state index contributed by atoms with van der Waals surface area (Å²) in [4.78, 5) is 53.6. The van der Waals surface area contributed by atoms with E-state index in [1.165, 1.54) is 0 Å². The fourth-order valence-corrected chi connectivity index (χ4v) is 4.47. The monoisotopic (exact) mass is 471 g/mol. The Morgan fingerprint density at radius 3 is 2.65 bits per heavy atom. The molecule has 1 aliphatic heterocycles. The van der Waals surface area contributed by atoms with Gasteiger partial charge in [0.25, 0.3) is 0 Å². The van der Waals surface area contributed by atoms with E-state index >= 15 is 0 Å². The third kappa shape index (κ3) is 6.02. The van der Waals surface area contributed by atoms with Crippen molar-refractivity contribution >= 4 is 34.3 Å². The highest BCUT2D eigenvalue weighted by atomic mass is 16.5. The van der Waals surface area contributed by atoms with Gasteiger partial charge in [0.15, 0.2) is 11.6 Å². The second-order valence-electron chi connectivity index (χ2n) is 9.26. The molecule has 3 atom stereocenters. The quantitative estimate of drug-likeness (QED) is 0.349. The van der Waals surface area contributed by atoms with E-state index in [4.69, 9.17) is 4.74 Å². The Labute approximate surface area is 198 Å². The summed E-state index contributed by atoms with van der Waals surface area (Å²) in [5, 5.41) is 15.6. The number of ketones is 2. The topological polar surface area (TPSA) is 138 Å². The van der Waals surface area contributed by atoms with Crippen molar-refractivity contribution in [2.24, 2.45) is 17.8 Å². The molecule has 184 valence electrons. The maximum absolute atomic E-state index is 13.2. The summed E-state index contributed by atoms with van der Waals surface area (Å²) < 4.78 is 5.36. The first-order valence-corrected chi connectivity index (χ1v) is 11.6. The average Bonchev–Trinajstić information content (AvgIpc) is 3.43. The molecule has 1 aliphatic rings. The summed E-state index contributed by atoms with van der Waals surface area (Å²) in [6.45, 7) is 3.71. The first-order chi connectivity index (χ1) is 16.2. The molecule has 0 aliphatic carbocycles. The van der Waals surface area contributed by atoms with Gasteiger partial charge in [-0.1, -0.05) is 19.9 Å². The lowest BCUT2D eigenvalue weighted by Gasteiger charge is -2.23. The Balaban J connectivity index is 1.75. The van der Waals surface area contributed by atoms with E-state index in [1.54, 1.807) is 13.2 Å². The van der Waals surface area contributed by atoms with Crippen molar-refractivity contribution in [3.05, 3.63) is 30.0 Å². The number of amides is 2. The van der Waals surface area contributed by atoms with Crippen LogP contribution in [0.15, 0.2) is 24.3 Å². The Hall–Kier alpha value is -3.20. The van der Waals surface area contributed by atoms with Gasteiger partial charge in [-0.3, -0.25) is 19.2 Å². The minimum absolute atomic E-state index is 0.0386. The maximum atomic E-state index is 13.2. The van der Waals surface area contributed by atoms with Crippen molar-refractivity contribution in [3.8, 4) is 5.75 Å². The standard InChI is InChI=1S/C25H33N3O6/c1-14(2)9-16(11-21(30)20-12-17-18(27-20)5-4-6-23(17)34-3)25(33)28-19(22(31)13-29)10-15-7-8-26-24(15)32/h4-6,12,14-16,19,27,29H,7-11,13H2,1-3H3,(H,26,32)(H,28,33)/t15-,16-,19-/m0/s1. The molecule has 0 saturated carbocycles. The summed E-state index contributed by atoms with van der Waals surface area (Å²) in [5.74, 6) is -1.64. The van der Waals surface area contributed by atoms with E-state index < -0.39 is 36.2 Å². The van der Waals surface area contributed by atoms with Crippen molar-refractivity contribution < 1.29 is 29.0 Å². The number of aliphatic hydroxyl groups is 1. The van der Waals surface area contributed by atoms with E-state index in [1.807, 2.05) is 32.0 Å². The predicted molar refractivity (Wildman–Crippen MR) is 127 cm³/mol. The second-order valence-corrected chi connectivity index (χ2v) is 9.26. The molecule has 2 heterocycles. The van der Waals surface area contributed by atoms with Gasteiger partial charge < -0.3 is 25.5 Å².